The number of hydrogen-bond donors (Lipinski definition) is 1. The Morgan fingerprint density at radius 1 is 1.30 bits per heavy atom. The molecule has 2 rings (SSSR count). The van der Waals surface area contributed by atoms with E-state index in [-0.39, 0.29) is 30.2 Å². The van der Waals surface area contributed by atoms with Gasteiger partial charge in [0.15, 0.2) is 0 Å². The van der Waals surface area contributed by atoms with Crippen LogP contribution in [0.5, 0.6) is 5.75 Å². The molecule has 0 spiro atoms. The Morgan fingerprint density at radius 3 is 2.45 bits per heavy atom. The maximum absolute atomic E-state index is 12.8. The number of benzene rings is 1. The Morgan fingerprint density at radius 2 is 1.90 bits per heavy atom. The molecule has 0 bridgehead atoms. The number of amides is 1. The smallest absolute Gasteiger partial charge is 0.223 e. The lowest BCUT2D eigenvalue weighted by Gasteiger charge is -2.32. The summed E-state index contributed by atoms with van der Waals surface area (Å²) in [6.45, 7) is 1.79. The summed E-state index contributed by atoms with van der Waals surface area (Å²) < 4.78 is 18.5. The maximum Gasteiger partial charge on any atom is 0.223 e. The van der Waals surface area contributed by atoms with Gasteiger partial charge in [-0.25, -0.2) is 4.39 Å². The summed E-state index contributed by atoms with van der Waals surface area (Å²) in [6.07, 6.45) is 2.09. The third-order valence-electron chi connectivity index (χ3n) is 3.27. The van der Waals surface area contributed by atoms with Crippen LogP contribution in [0.2, 0.25) is 0 Å². The van der Waals surface area contributed by atoms with Crippen molar-refractivity contribution in [2.75, 3.05) is 19.6 Å². The van der Waals surface area contributed by atoms with Gasteiger partial charge in [-0.05, 0) is 24.3 Å². The third kappa shape index (κ3) is 4.65. The summed E-state index contributed by atoms with van der Waals surface area (Å²) in [7, 11) is 0. The van der Waals surface area contributed by atoms with Crippen LogP contribution in [-0.2, 0) is 4.79 Å². The van der Waals surface area contributed by atoms with E-state index in [9.17, 15) is 9.18 Å². The standard InChI is InChI=1S/C14H19FN2O2.ClH/c15-11-1-3-12(4-2-11)19-13-6-9-17(10-7-13)14(18)5-8-16;/h1-4,13H,5-10,16H2;1H. The van der Waals surface area contributed by atoms with Crippen LogP contribution in [0.1, 0.15) is 19.3 Å². The molecule has 1 aromatic carbocycles. The molecule has 1 heterocycles. The van der Waals surface area contributed by atoms with Crippen molar-refractivity contribution >= 4 is 18.3 Å². The molecule has 1 aliphatic heterocycles. The van der Waals surface area contributed by atoms with Crippen LogP contribution in [0.3, 0.4) is 0 Å². The van der Waals surface area contributed by atoms with Crippen molar-refractivity contribution in [3.8, 4) is 5.75 Å². The Bertz CT molecular complexity index is 420. The molecular formula is C14H20ClFN2O2. The monoisotopic (exact) mass is 302 g/mol. The van der Waals surface area contributed by atoms with Gasteiger partial charge in [0.25, 0.3) is 0 Å². The normalized spacial score (nSPS) is 15.6. The molecular weight excluding hydrogens is 283 g/mol. The fourth-order valence-electron chi connectivity index (χ4n) is 2.21. The quantitative estimate of drug-likeness (QED) is 0.925. The first-order chi connectivity index (χ1) is 9.19. The van der Waals surface area contributed by atoms with Gasteiger partial charge in [0.2, 0.25) is 5.91 Å². The highest BCUT2D eigenvalue weighted by molar-refractivity contribution is 5.85. The summed E-state index contributed by atoms with van der Waals surface area (Å²) in [5.41, 5.74) is 5.37. The first-order valence-electron chi connectivity index (χ1n) is 6.59. The number of halogens is 2. The van der Waals surface area contributed by atoms with Crippen molar-refractivity contribution in [3.05, 3.63) is 30.1 Å². The molecule has 0 aliphatic carbocycles. The molecule has 1 aromatic rings. The lowest BCUT2D eigenvalue weighted by Crippen LogP contribution is -2.42. The lowest BCUT2D eigenvalue weighted by atomic mass is 10.1. The molecule has 0 atom stereocenters. The van der Waals surface area contributed by atoms with E-state index in [0.717, 1.165) is 12.8 Å². The van der Waals surface area contributed by atoms with Crippen LogP contribution >= 0.6 is 12.4 Å². The molecule has 2 N–H and O–H groups in total. The van der Waals surface area contributed by atoms with Crippen LogP contribution in [0.15, 0.2) is 24.3 Å². The van der Waals surface area contributed by atoms with Crippen LogP contribution in [-0.4, -0.2) is 36.5 Å². The summed E-state index contributed by atoms with van der Waals surface area (Å²) in [5, 5.41) is 0. The first-order valence-corrected chi connectivity index (χ1v) is 6.59. The topological polar surface area (TPSA) is 55.6 Å². The number of carbonyl (C=O) groups is 1. The minimum absolute atomic E-state index is 0. The number of likely N-dealkylation sites (tertiary alicyclic amines) is 1. The number of nitrogens with two attached hydrogens (primary N) is 1. The van der Waals surface area contributed by atoms with Crippen molar-refractivity contribution in [3.63, 3.8) is 0 Å². The van der Waals surface area contributed by atoms with E-state index in [1.54, 1.807) is 12.1 Å². The molecule has 0 saturated carbocycles. The number of carbonyl (C=O) groups excluding carboxylic acids is 1. The van der Waals surface area contributed by atoms with Gasteiger partial charge in [0.05, 0.1) is 0 Å². The Balaban J connectivity index is 0.00000200. The van der Waals surface area contributed by atoms with Gasteiger partial charge in [-0.15, -0.1) is 12.4 Å². The largest absolute Gasteiger partial charge is 0.490 e. The van der Waals surface area contributed by atoms with Gasteiger partial charge >= 0.3 is 0 Å². The number of nitrogens with zero attached hydrogens (tertiary/aromatic N) is 1. The van der Waals surface area contributed by atoms with E-state index in [0.29, 0.717) is 31.8 Å². The molecule has 4 nitrogen and oxygen atoms in total. The molecule has 1 saturated heterocycles. The fraction of sp³-hybridized carbons (Fsp3) is 0.500. The van der Waals surface area contributed by atoms with Crippen molar-refractivity contribution in [2.45, 2.75) is 25.4 Å². The third-order valence-corrected chi connectivity index (χ3v) is 3.27. The second-order valence-corrected chi connectivity index (χ2v) is 4.69. The predicted molar refractivity (Wildman–Crippen MR) is 77.5 cm³/mol. The maximum atomic E-state index is 12.8. The van der Waals surface area contributed by atoms with E-state index in [4.69, 9.17) is 10.5 Å². The molecule has 112 valence electrons. The van der Waals surface area contributed by atoms with Gasteiger partial charge in [0, 0.05) is 38.9 Å². The summed E-state index contributed by atoms with van der Waals surface area (Å²) in [6, 6.07) is 6.02. The molecule has 6 heteroatoms. The molecule has 0 aromatic heterocycles. The second-order valence-electron chi connectivity index (χ2n) is 4.69. The van der Waals surface area contributed by atoms with Crippen molar-refractivity contribution in [1.82, 2.24) is 4.90 Å². The molecule has 0 radical (unpaired) electrons. The zero-order chi connectivity index (χ0) is 13.7. The highest BCUT2D eigenvalue weighted by Crippen LogP contribution is 2.19. The van der Waals surface area contributed by atoms with E-state index in [2.05, 4.69) is 0 Å². The average molecular weight is 303 g/mol. The van der Waals surface area contributed by atoms with Gasteiger partial charge in [-0.3, -0.25) is 4.79 Å². The fourth-order valence-corrected chi connectivity index (χ4v) is 2.21. The van der Waals surface area contributed by atoms with E-state index in [1.165, 1.54) is 12.1 Å². The van der Waals surface area contributed by atoms with Gasteiger partial charge < -0.3 is 15.4 Å². The predicted octanol–water partition coefficient (Wildman–Crippen LogP) is 1.97. The number of rotatable bonds is 4. The van der Waals surface area contributed by atoms with Crippen LogP contribution in [0.4, 0.5) is 4.39 Å². The van der Waals surface area contributed by atoms with E-state index < -0.39 is 0 Å². The van der Waals surface area contributed by atoms with Crippen molar-refractivity contribution in [2.24, 2.45) is 5.73 Å². The van der Waals surface area contributed by atoms with Crippen molar-refractivity contribution in [1.29, 1.82) is 0 Å². The first kappa shape index (κ1) is 16.7. The van der Waals surface area contributed by atoms with Crippen LogP contribution < -0.4 is 10.5 Å². The van der Waals surface area contributed by atoms with Gasteiger partial charge in [-0.1, -0.05) is 0 Å². The van der Waals surface area contributed by atoms with E-state index in [1.807, 2.05) is 4.90 Å². The van der Waals surface area contributed by atoms with Gasteiger partial charge in [0.1, 0.15) is 17.7 Å². The number of ether oxygens (including phenoxy) is 1. The summed E-state index contributed by atoms with van der Waals surface area (Å²) in [5.74, 6) is 0.519. The summed E-state index contributed by atoms with van der Waals surface area (Å²) in [4.78, 5) is 13.5. The Hall–Kier alpha value is -1.33. The van der Waals surface area contributed by atoms with Crippen LogP contribution in [0.25, 0.3) is 0 Å². The minimum atomic E-state index is -0.269. The second kappa shape index (κ2) is 8.07. The number of piperidine rings is 1. The van der Waals surface area contributed by atoms with Crippen molar-refractivity contribution < 1.29 is 13.9 Å². The minimum Gasteiger partial charge on any atom is -0.490 e. The highest BCUT2D eigenvalue weighted by atomic mass is 35.5. The number of hydrogen-bond acceptors (Lipinski definition) is 3. The molecule has 20 heavy (non-hydrogen) atoms. The molecule has 1 aliphatic rings. The average Bonchev–Trinajstić information content (AvgIpc) is 2.42. The van der Waals surface area contributed by atoms with Crippen LogP contribution in [0, 0.1) is 5.82 Å². The summed E-state index contributed by atoms with van der Waals surface area (Å²) >= 11 is 0. The molecule has 1 fully saturated rings. The molecule has 1 amide bonds. The highest BCUT2D eigenvalue weighted by Gasteiger charge is 2.23. The van der Waals surface area contributed by atoms with E-state index >= 15 is 0 Å². The zero-order valence-corrected chi connectivity index (χ0v) is 12.1. The lowest BCUT2D eigenvalue weighted by molar-refractivity contribution is -0.132. The Labute approximate surface area is 124 Å². The SMILES string of the molecule is Cl.NCCC(=O)N1CCC(Oc2ccc(F)cc2)CC1. The molecule has 0 unspecified atom stereocenters. The Kier molecular flexibility index (Phi) is 6.75. The van der Waals surface area contributed by atoms with Gasteiger partial charge in [-0.2, -0.15) is 0 Å². The zero-order valence-electron chi connectivity index (χ0n) is 11.3.